The Balaban J connectivity index is 1.58. The monoisotopic (exact) mass is 440 g/mol. The summed E-state index contributed by atoms with van der Waals surface area (Å²) in [5, 5.41) is 7.60. The molecule has 150 valence electrons. The lowest BCUT2D eigenvalue weighted by atomic mass is 9.68. The van der Waals surface area contributed by atoms with E-state index in [-0.39, 0.29) is 11.3 Å². The normalized spacial score (nSPS) is 22.4. The van der Waals surface area contributed by atoms with Crippen molar-refractivity contribution < 1.29 is 0 Å². The fourth-order valence-corrected chi connectivity index (χ4v) is 5.89. The van der Waals surface area contributed by atoms with Gasteiger partial charge in [0.25, 0.3) is 0 Å². The molecule has 0 spiro atoms. The average molecular weight is 441 g/mol. The molecular weight excluding hydrogens is 423 g/mol. The fourth-order valence-electron chi connectivity index (χ4n) is 5.51. The first kappa shape index (κ1) is 17.7. The smallest absolute Gasteiger partial charge is 0.0564 e. The largest absolute Gasteiger partial charge is 0.357 e. The number of aromatic amines is 2. The second kappa shape index (κ2) is 5.85. The molecule has 5 aromatic rings. The maximum Gasteiger partial charge on any atom is 0.0564 e. The number of aromatic nitrogens is 2. The number of allylic oxidation sites excluding steroid dienone is 5. The van der Waals surface area contributed by atoms with Gasteiger partial charge in [-0.2, -0.15) is 0 Å². The maximum absolute atomic E-state index is 6.31. The van der Waals surface area contributed by atoms with E-state index in [0.717, 1.165) is 26.5 Å². The van der Waals surface area contributed by atoms with Crippen LogP contribution in [0.1, 0.15) is 18.2 Å². The lowest BCUT2D eigenvalue weighted by Gasteiger charge is -2.36. The molecule has 0 aliphatic heterocycles. The Hall–Kier alpha value is -2.94. The van der Waals surface area contributed by atoms with Gasteiger partial charge in [-0.05, 0) is 36.6 Å². The first-order chi connectivity index (χ1) is 15.0. The standard InChI is InChI=1S/C27H18Cl2N2/c1-27-11-10-17(29)13-15(27)3-6-20-19-8-9-22-23(25(19)31-26(20)27)21-5-2-14-12-16(28)4-7-18(14)24(21)30-22/h2-13,15,30-31H,1H3. The minimum absolute atomic E-state index is 0.136. The quantitative estimate of drug-likeness (QED) is 0.243. The molecule has 2 aromatic heterocycles. The van der Waals surface area contributed by atoms with E-state index in [1.165, 1.54) is 38.3 Å². The van der Waals surface area contributed by atoms with E-state index < -0.39 is 0 Å². The first-order valence-corrected chi connectivity index (χ1v) is 11.2. The number of fused-ring (bicyclic) bond motifs is 11. The summed E-state index contributed by atoms with van der Waals surface area (Å²) in [4.78, 5) is 7.50. The average Bonchev–Trinajstić information content (AvgIpc) is 3.33. The van der Waals surface area contributed by atoms with Crippen molar-refractivity contribution in [1.82, 2.24) is 9.97 Å². The van der Waals surface area contributed by atoms with Crippen molar-refractivity contribution in [2.75, 3.05) is 0 Å². The molecule has 0 radical (unpaired) electrons. The second-order valence-electron chi connectivity index (χ2n) is 8.86. The summed E-state index contributed by atoms with van der Waals surface area (Å²) < 4.78 is 0. The zero-order valence-corrected chi connectivity index (χ0v) is 18.3. The lowest BCUT2D eigenvalue weighted by Crippen LogP contribution is -2.32. The Morgan fingerprint density at radius 1 is 0.871 bits per heavy atom. The van der Waals surface area contributed by atoms with Gasteiger partial charge in [0, 0.05) is 59.7 Å². The van der Waals surface area contributed by atoms with Crippen molar-refractivity contribution in [3.8, 4) is 0 Å². The molecule has 31 heavy (non-hydrogen) atoms. The maximum atomic E-state index is 6.31. The molecular formula is C27H18Cl2N2. The molecule has 2 aliphatic carbocycles. The van der Waals surface area contributed by atoms with Gasteiger partial charge >= 0.3 is 0 Å². The van der Waals surface area contributed by atoms with Gasteiger partial charge in [-0.1, -0.05) is 71.8 Å². The van der Waals surface area contributed by atoms with Gasteiger partial charge < -0.3 is 9.97 Å². The molecule has 2 unspecified atom stereocenters. The van der Waals surface area contributed by atoms with Gasteiger partial charge in [0.1, 0.15) is 0 Å². The van der Waals surface area contributed by atoms with E-state index in [4.69, 9.17) is 23.2 Å². The van der Waals surface area contributed by atoms with Crippen molar-refractivity contribution >= 4 is 72.8 Å². The molecule has 0 amide bonds. The van der Waals surface area contributed by atoms with Crippen LogP contribution in [0.3, 0.4) is 0 Å². The van der Waals surface area contributed by atoms with Crippen molar-refractivity contribution in [1.29, 1.82) is 0 Å². The summed E-state index contributed by atoms with van der Waals surface area (Å²) >= 11 is 12.5. The minimum Gasteiger partial charge on any atom is -0.357 e. The second-order valence-corrected chi connectivity index (χ2v) is 9.73. The van der Waals surface area contributed by atoms with Crippen LogP contribution in [-0.4, -0.2) is 9.97 Å². The summed E-state index contributed by atoms with van der Waals surface area (Å²) in [6.07, 6.45) is 10.9. The van der Waals surface area contributed by atoms with Crippen LogP contribution >= 0.6 is 23.2 Å². The highest BCUT2D eigenvalue weighted by atomic mass is 35.5. The third-order valence-corrected chi connectivity index (χ3v) is 7.64. The SMILES string of the molecule is CC12C=CC(Cl)=CC1C=Cc1c2[nH]c2c1ccc1[nH]c3c4ccc(Cl)cc4ccc3c12. The minimum atomic E-state index is -0.136. The van der Waals surface area contributed by atoms with Gasteiger partial charge in [0.05, 0.1) is 11.0 Å². The highest BCUT2D eigenvalue weighted by Crippen LogP contribution is 2.48. The highest BCUT2D eigenvalue weighted by Gasteiger charge is 2.39. The van der Waals surface area contributed by atoms with Crippen LogP contribution < -0.4 is 0 Å². The number of H-pyrrole nitrogens is 2. The summed E-state index contributed by atoms with van der Waals surface area (Å²) in [6, 6.07) is 14.9. The first-order valence-electron chi connectivity index (χ1n) is 10.5. The zero-order valence-electron chi connectivity index (χ0n) is 16.8. The van der Waals surface area contributed by atoms with Gasteiger partial charge in [-0.15, -0.1) is 0 Å². The van der Waals surface area contributed by atoms with Gasteiger partial charge in [-0.25, -0.2) is 0 Å². The van der Waals surface area contributed by atoms with E-state index >= 15 is 0 Å². The topological polar surface area (TPSA) is 31.6 Å². The van der Waals surface area contributed by atoms with Crippen LogP contribution in [0.15, 0.2) is 71.8 Å². The number of rotatable bonds is 0. The third kappa shape index (κ3) is 2.24. The number of hydrogen-bond acceptors (Lipinski definition) is 0. The third-order valence-electron chi connectivity index (χ3n) is 7.15. The van der Waals surface area contributed by atoms with E-state index in [2.05, 4.69) is 71.5 Å². The van der Waals surface area contributed by atoms with E-state index in [9.17, 15) is 0 Å². The van der Waals surface area contributed by atoms with Crippen LogP contribution in [0.25, 0.3) is 49.6 Å². The van der Waals surface area contributed by atoms with Crippen LogP contribution in [-0.2, 0) is 5.41 Å². The molecule has 2 N–H and O–H groups in total. The van der Waals surface area contributed by atoms with Gasteiger partial charge in [0.2, 0.25) is 0 Å². The Bertz CT molecular complexity index is 1680. The van der Waals surface area contributed by atoms with Crippen molar-refractivity contribution in [2.45, 2.75) is 12.3 Å². The van der Waals surface area contributed by atoms with Crippen LogP contribution in [0.5, 0.6) is 0 Å². The fraction of sp³-hybridized carbons (Fsp3) is 0.111. The van der Waals surface area contributed by atoms with Crippen LogP contribution in [0.2, 0.25) is 5.02 Å². The van der Waals surface area contributed by atoms with Gasteiger partial charge in [0.15, 0.2) is 0 Å². The van der Waals surface area contributed by atoms with Crippen LogP contribution in [0.4, 0.5) is 0 Å². The Morgan fingerprint density at radius 3 is 2.61 bits per heavy atom. The summed E-state index contributed by atoms with van der Waals surface area (Å²) in [5.74, 6) is 0.248. The zero-order chi connectivity index (χ0) is 20.9. The van der Waals surface area contributed by atoms with E-state index in [0.29, 0.717) is 0 Å². The summed E-state index contributed by atoms with van der Waals surface area (Å²) in [7, 11) is 0. The summed E-state index contributed by atoms with van der Waals surface area (Å²) in [6.45, 7) is 2.29. The molecule has 2 heterocycles. The highest BCUT2D eigenvalue weighted by molar-refractivity contribution is 6.32. The molecule has 0 fully saturated rings. The van der Waals surface area contributed by atoms with Crippen molar-refractivity contribution in [2.24, 2.45) is 5.92 Å². The number of benzene rings is 3. The molecule has 7 rings (SSSR count). The number of nitrogens with one attached hydrogen (secondary N) is 2. The predicted octanol–water partition coefficient (Wildman–Crippen LogP) is 8.20. The molecule has 3 aromatic carbocycles. The van der Waals surface area contributed by atoms with E-state index in [1.54, 1.807) is 0 Å². The Morgan fingerprint density at radius 2 is 1.71 bits per heavy atom. The van der Waals surface area contributed by atoms with Crippen LogP contribution in [0, 0.1) is 5.92 Å². The number of hydrogen-bond donors (Lipinski definition) is 2. The number of halogens is 2. The molecule has 0 saturated heterocycles. The molecule has 2 nitrogen and oxygen atoms in total. The van der Waals surface area contributed by atoms with Gasteiger partial charge in [-0.3, -0.25) is 0 Å². The lowest BCUT2D eigenvalue weighted by molar-refractivity contribution is 0.481. The Kier molecular flexibility index (Phi) is 3.34. The van der Waals surface area contributed by atoms with E-state index in [1.807, 2.05) is 18.2 Å². The molecule has 0 saturated carbocycles. The molecule has 2 aliphatic rings. The Labute approximate surface area is 188 Å². The molecule has 0 bridgehead atoms. The molecule has 2 atom stereocenters. The molecule has 4 heteroatoms. The van der Waals surface area contributed by atoms with Crippen molar-refractivity contribution in [3.05, 3.63) is 88.1 Å². The summed E-state index contributed by atoms with van der Waals surface area (Å²) in [5.41, 5.74) is 5.86. The van der Waals surface area contributed by atoms with Crippen molar-refractivity contribution in [3.63, 3.8) is 0 Å². The predicted molar refractivity (Wildman–Crippen MR) is 133 cm³/mol.